The Morgan fingerprint density at radius 3 is 2.74 bits per heavy atom. The van der Waals surface area contributed by atoms with Crippen molar-refractivity contribution < 1.29 is 18.3 Å². The van der Waals surface area contributed by atoms with Crippen LogP contribution in [0, 0.1) is 0 Å². The summed E-state index contributed by atoms with van der Waals surface area (Å²) in [6.45, 7) is 3.31. The number of anilines is 2. The van der Waals surface area contributed by atoms with Gasteiger partial charge in [0.25, 0.3) is 10.0 Å². The van der Waals surface area contributed by atoms with Gasteiger partial charge in [-0.3, -0.25) is 9.82 Å². The van der Waals surface area contributed by atoms with Gasteiger partial charge in [0, 0.05) is 41.6 Å². The molecule has 0 spiro atoms. The van der Waals surface area contributed by atoms with Gasteiger partial charge in [0.2, 0.25) is 0 Å². The fraction of sp³-hybridized carbons (Fsp3) is 0.240. The van der Waals surface area contributed by atoms with Crippen molar-refractivity contribution in [2.24, 2.45) is 0 Å². The smallest absolute Gasteiger partial charge is 0.261 e. The van der Waals surface area contributed by atoms with Gasteiger partial charge < -0.3 is 20.9 Å². The van der Waals surface area contributed by atoms with E-state index in [0.717, 1.165) is 28.8 Å². The summed E-state index contributed by atoms with van der Waals surface area (Å²) in [5.41, 5.74) is 8.97. The van der Waals surface area contributed by atoms with Crippen LogP contribution in [-0.4, -0.2) is 43.4 Å². The number of nitrogens with zero attached hydrogens (tertiary/aromatic N) is 1. The van der Waals surface area contributed by atoms with Crippen molar-refractivity contribution in [2.45, 2.75) is 24.3 Å². The maximum absolute atomic E-state index is 12.6. The zero-order valence-corrected chi connectivity index (χ0v) is 20.2. The first kappa shape index (κ1) is 24.5. The molecule has 1 heterocycles. The summed E-state index contributed by atoms with van der Waals surface area (Å²) >= 11 is 0. The Morgan fingerprint density at radius 2 is 1.94 bits per heavy atom. The standard InChI is InChI=1S/C25H29N5O4S/c1-2-23-22-10-9-20(15-24(22)29-28-23)34-12-11-27-16-25(31)17-5-3-7-19(13-17)30-35(32,33)21-8-4-6-18(26)14-21/h3-10,13-15,25,27,30-31H,2,11-12,16,26H2,1H3,(H,28,29)/t25-/m0/s1. The lowest BCUT2D eigenvalue weighted by Gasteiger charge is -2.15. The second kappa shape index (κ2) is 10.8. The lowest BCUT2D eigenvalue weighted by molar-refractivity contribution is 0.172. The van der Waals surface area contributed by atoms with E-state index in [1.54, 1.807) is 36.4 Å². The molecule has 10 heteroatoms. The van der Waals surface area contributed by atoms with Crippen molar-refractivity contribution in [1.82, 2.24) is 15.5 Å². The maximum Gasteiger partial charge on any atom is 0.261 e. The second-order valence-electron chi connectivity index (χ2n) is 8.11. The fourth-order valence-corrected chi connectivity index (χ4v) is 4.81. The lowest BCUT2D eigenvalue weighted by Crippen LogP contribution is -2.26. The molecule has 184 valence electrons. The van der Waals surface area contributed by atoms with Gasteiger partial charge in [-0.2, -0.15) is 5.10 Å². The highest BCUT2D eigenvalue weighted by molar-refractivity contribution is 7.92. The molecular formula is C25H29N5O4S. The number of aryl methyl sites for hydroxylation is 1. The van der Waals surface area contributed by atoms with Gasteiger partial charge >= 0.3 is 0 Å². The van der Waals surface area contributed by atoms with Crippen molar-refractivity contribution in [1.29, 1.82) is 0 Å². The summed E-state index contributed by atoms with van der Waals surface area (Å²) in [7, 11) is -3.79. The van der Waals surface area contributed by atoms with Crippen LogP contribution >= 0.6 is 0 Å². The highest BCUT2D eigenvalue weighted by Gasteiger charge is 2.15. The van der Waals surface area contributed by atoms with E-state index in [4.69, 9.17) is 10.5 Å². The molecule has 3 aromatic carbocycles. The van der Waals surface area contributed by atoms with Crippen LogP contribution in [-0.2, 0) is 16.4 Å². The van der Waals surface area contributed by atoms with Crippen molar-refractivity contribution in [2.75, 3.05) is 30.2 Å². The van der Waals surface area contributed by atoms with Crippen molar-refractivity contribution in [3.8, 4) is 5.75 Å². The maximum atomic E-state index is 12.6. The van der Waals surface area contributed by atoms with E-state index in [1.165, 1.54) is 12.1 Å². The molecule has 0 unspecified atom stereocenters. The number of nitrogen functional groups attached to an aromatic ring is 1. The monoisotopic (exact) mass is 495 g/mol. The highest BCUT2D eigenvalue weighted by atomic mass is 32.2. The minimum absolute atomic E-state index is 0.0716. The number of aliphatic hydroxyl groups excluding tert-OH is 1. The Balaban J connectivity index is 1.27. The first-order chi connectivity index (χ1) is 16.9. The zero-order valence-electron chi connectivity index (χ0n) is 19.4. The van der Waals surface area contributed by atoms with Gasteiger partial charge in [0.15, 0.2) is 0 Å². The van der Waals surface area contributed by atoms with Crippen molar-refractivity contribution in [3.05, 3.63) is 78.0 Å². The third-order valence-electron chi connectivity index (χ3n) is 5.54. The molecule has 35 heavy (non-hydrogen) atoms. The number of nitrogens with one attached hydrogen (secondary N) is 3. The summed E-state index contributed by atoms with van der Waals surface area (Å²) in [5.74, 6) is 0.731. The van der Waals surface area contributed by atoms with E-state index in [-0.39, 0.29) is 11.4 Å². The number of hydrogen-bond donors (Lipinski definition) is 5. The normalized spacial score (nSPS) is 12.5. The van der Waals surface area contributed by atoms with E-state index in [9.17, 15) is 13.5 Å². The minimum atomic E-state index is -3.79. The van der Waals surface area contributed by atoms with Gasteiger partial charge in [0.1, 0.15) is 12.4 Å². The first-order valence-electron chi connectivity index (χ1n) is 11.3. The molecule has 0 aliphatic heterocycles. The number of fused-ring (bicyclic) bond motifs is 1. The second-order valence-corrected chi connectivity index (χ2v) is 9.79. The van der Waals surface area contributed by atoms with Crippen LogP contribution in [0.1, 0.15) is 24.3 Å². The molecule has 6 N–H and O–H groups in total. The first-order valence-corrected chi connectivity index (χ1v) is 12.8. The molecule has 4 rings (SSSR count). The topological polar surface area (TPSA) is 142 Å². The molecule has 0 aliphatic carbocycles. The number of ether oxygens (including phenoxy) is 1. The minimum Gasteiger partial charge on any atom is -0.492 e. The van der Waals surface area contributed by atoms with Crippen LogP contribution in [0.15, 0.2) is 71.6 Å². The number of aromatic nitrogens is 2. The third kappa shape index (κ3) is 6.10. The molecule has 0 saturated carbocycles. The van der Waals surface area contributed by atoms with Crippen LogP contribution in [0.5, 0.6) is 5.75 Å². The Bertz CT molecular complexity index is 1400. The number of aliphatic hydroxyl groups is 1. The number of sulfonamides is 1. The van der Waals surface area contributed by atoms with Gasteiger partial charge in [-0.25, -0.2) is 8.42 Å². The predicted octanol–water partition coefficient (Wildman–Crippen LogP) is 3.21. The zero-order chi connectivity index (χ0) is 24.8. The number of aromatic amines is 1. The van der Waals surface area contributed by atoms with E-state index in [1.807, 2.05) is 18.2 Å². The largest absolute Gasteiger partial charge is 0.492 e. The van der Waals surface area contributed by atoms with Crippen molar-refractivity contribution in [3.63, 3.8) is 0 Å². The van der Waals surface area contributed by atoms with Crippen LogP contribution in [0.25, 0.3) is 10.9 Å². The Morgan fingerprint density at radius 1 is 1.11 bits per heavy atom. The van der Waals surface area contributed by atoms with E-state index < -0.39 is 16.1 Å². The van der Waals surface area contributed by atoms with Crippen LogP contribution in [0.3, 0.4) is 0 Å². The molecule has 4 aromatic rings. The molecule has 0 radical (unpaired) electrons. The predicted molar refractivity (Wildman–Crippen MR) is 137 cm³/mol. The van der Waals surface area contributed by atoms with E-state index in [0.29, 0.717) is 30.1 Å². The molecule has 0 amide bonds. The summed E-state index contributed by atoms with van der Waals surface area (Å²) in [4.78, 5) is 0.0716. The van der Waals surface area contributed by atoms with Gasteiger partial charge in [-0.15, -0.1) is 0 Å². The van der Waals surface area contributed by atoms with E-state index >= 15 is 0 Å². The number of H-pyrrole nitrogens is 1. The Labute approximate surface area is 204 Å². The quantitative estimate of drug-likeness (QED) is 0.159. The van der Waals surface area contributed by atoms with Crippen LogP contribution < -0.4 is 20.5 Å². The summed E-state index contributed by atoms with van der Waals surface area (Å²) < 4.78 is 33.6. The third-order valence-corrected chi connectivity index (χ3v) is 6.92. The number of hydrogen-bond acceptors (Lipinski definition) is 7. The molecular weight excluding hydrogens is 466 g/mol. The van der Waals surface area contributed by atoms with Gasteiger partial charge in [-0.1, -0.05) is 25.1 Å². The van der Waals surface area contributed by atoms with Crippen LogP contribution in [0.2, 0.25) is 0 Å². The molecule has 1 aromatic heterocycles. The SMILES string of the molecule is CCc1[nH]nc2cc(OCCNC[C@H](O)c3cccc(NS(=O)(=O)c4cccc(N)c4)c3)ccc12. The average Bonchev–Trinajstić information content (AvgIpc) is 3.26. The highest BCUT2D eigenvalue weighted by Crippen LogP contribution is 2.23. The molecule has 0 bridgehead atoms. The molecule has 0 saturated heterocycles. The molecule has 1 atom stereocenters. The molecule has 0 fully saturated rings. The number of rotatable bonds is 11. The summed E-state index contributed by atoms with van der Waals surface area (Å²) in [6.07, 6.45) is 0.0690. The van der Waals surface area contributed by atoms with Gasteiger partial charge in [-0.05, 0) is 54.4 Å². The lowest BCUT2D eigenvalue weighted by atomic mass is 10.1. The number of benzene rings is 3. The number of nitrogens with two attached hydrogens (primary N) is 1. The summed E-state index contributed by atoms with van der Waals surface area (Å²) in [6, 6.07) is 18.5. The average molecular weight is 496 g/mol. The molecule has 0 aliphatic rings. The fourth-order valence-electron chi connectivity index (χ4n) is 3.71. The Hall–Kier alpha value is -3.60. The Kier molecular flexibility index (Phi) is 7.54. The van der Waals surface area contributed by atoms with E-state index in [2.05, 4.69) is 27.2 Å². The molecule has 9 nitrogen and oxygen atoms in total. The van der Waals surface area contributed by atoms with Gasteiger partial charge in [0.05, 0.1) is 16.5 Å². The van der Waals surface area contributed by atoms with Crippen molar-refractivity contribution >= 4 is 32.3 Å². The van der Waals surface area contributed by atoms with Crippen LogP contribution in [0.4, 0.5) is 11.4 Å². The summed E-state index contributed by atoms with van der Waals surface area (Å²) in [5, 5.41) is 22.1.